The summed E-state index contributed by atoms with van der Waals surface area (Å²) in [5, 5.41) is 18.0. The summed E-state index contributed by atoms with van der Waals surface area (Å²) in [6.07, 6.45) is 1.35. The van der Waals surface area contributed by atoms with Gasteiger partial charge in [-0.15, -0.1) is 0 Å². The van der Waals surface area contributed by atoms with Gasteiger partial charge in [0.05, 0.1) is 0 Å². The van der Waals surface area contributed by atoms with E-state index in [0.717, 1.165) is 18.6 Å². The molecule has 0 radical (unpaired) electrons. The van der Waals surface area contributed by atoms with E-state index in [0.29, 0.717) is 11.7 Å². The second kappa shape index (κ2) is 7.21. The molecular formula is C9H18O3S. The van der Waals surface area contributed by atoms with Crippen LogP contribution in [0.5, 0.6) is 0 Å². The third kappa shape index (κ3) is 5.93. The summed E-state index contributed by atoms with van der Waals surface area (Å²) in [6, 6.07) is 0. The Bertz CT molecular complexity index is 146. The predicted octanol–water partition coefficient (Wildman–Crippen LogP) is 1.74. The van der Waals surface area contributed by atoms with Gasteiger partial charge in [-0.2, -0.15) is 11.8 Å². The normalized spacial score (nSPS) is 13.2. The van der Waals surface area contributed by atoms with Gasteiger partial charge in [0, 0.05) is 5.25 Å². The van der Waals surface area contributed by atoms with Crippen molar-refractivity contribution in [3.05, 3.63) is 0 Å². The molecule has 0 aliphatic rings. The molecule has 78 valence electrons. The number of aliphatic carboxylic acids is 1. The van der Waals surface area contributed by atoms with Crippen molar-refractivity contribution in [3.8, 4) is 0 Å². The van der Waals surface area contributed by atoms with Crippen molar-refractivity contribution in [2.75, 3.05) is 5.75 Å². The lowest BCUT2D eigenvalue weighted by Crippen LogP contribution is -2.20. The molecule has 0 amide bonds. The summed E-state index contributed by atoms with van der Waals surface area (Å²) in [5.41, 5.74) is 0. The monoisotopic (exact) mass is 206 g/mol. The molecule has 3 nitrogen and oxygen atoms in total. The van der Waals surface area contributed by atoms with Crippen LogP contribution in [0.3, 0.4) is 0 Å². The minimum absolute atomic E-state index is 0.344. The summed E-state index contributed by atoms with van der Waals surface area (Å²) in [7, 11) is 0. The lowest BCUT2D eigenvalue weighted by molar-refractivity contribution is -0.146. The number of aliphatic hydroxyl groups is 1. The molecule has 0 fully saturated rings. The van der Waals surface area contributed by atoms with Crippen LogP contribution in [0.1, 0.15) is 33.1 Å². The molecule has 0 rings (SSSR count). The molecule has 1 unspecified atom stereocenters. The molecule has 4 heteroatoms. The average Bonchev–Trinajstić information content (AvgIpc) is 2.12. The van der Waals surface area contributed by atoms with Crippen molar-refractivity contribution >= 4 is 17.7 Å². The van der Waals surface area contributed by atoms with Crippen LogP contribution in [0.4, 0.5) is 0 Å². The highest BCUT2D eigenvalue weighted by atomic mass is 32.2. The number of carboxylic acid groups (broad SMARTS) is 1. The minimum atomic E-state index is -1.19. The van der Waals surface area contributed by atoms with Crippen LogP contribution in [0.15, 0.2) is 0 Å². The third-order valence-corrected chi connectivity index (χ3v) is 3.55. The highest BCUT2D eigenvalue weighted by Crippen LogP contribution is 2.18. The second-order valence-electron chi connectivity index (χ2n) is 2.95. The summed E-state index contributed by atoms with van der Waals surface area (Å²) in [6.45, 7) is 4.24. The van der Waals surface area contributed by atoms with Crippen LogP contribution in [0, 0.1) is 0 Å². The van der Waals surface area contributed by atoms with Gasteiger partial charge >= 0.3 is 5.97 Å². The topological polar surface area (TPSA) is 57.5 Å². The highest BCUT2D eigenvalue weighted by molar-refractivity contribution is 7.99. The van der Waals surface area contributed by atoms with E-state index in [1.165, 1.54) is 0 Å². The Balaban J connectivity index is 3.48. The number of hydrogen-bond donors (Lipinski definition) is 2. The number of rotatable bonds is 7. The van der Waals surface area contributed by atoms with Gasteiger partial charge < -0.3 is 10.2 Å². The summed E-state index contributed by atoms with van der Waals surface area (Å²) in [4.78, 5) is 10.3. The van der Waals surface area contributed by atoms with Crippen molar-refractivity contribution in [3.63, 3.8) is 0 Å². The standard InChI is InChI=1S/C9H18O3S/c1-3-7(4-2)13-6-5-8(10)9(11)12/h7-8,10H,3-6H2,1-2H3,(H,11,12). The Morgan fingerprint density at radius 1 is 1.38 bits per heavy atom. The van der Waals surface area contributed by atoms with Gasteiger partial charge in [0.1, 0.15) is 0 Å². The number of thioether (sulfide) groups is 1. The summed E-state index contributed by atoms with van der Waals surface area (Å²) >= 11 is 1.74. The molecule has 0 bridgehead atoms. The first-order chi connectivity index (χ1) is 6.11. The van der Waals surface area contributed by atoms with Crippen molar-refractivity contribution in [2.45, 2.75) is 44.5 Å². The fraction of sp³-hybridized carbons (Fsp3) is 0.889. The van der Waals surface area contributed by atoms with Crippen LogP contribution < -0.4 is 0 Å². The molecule has 0 heterocycles. The number of carbonyl (C=O) groups is 1. The Morgan fingerprint density at radius 2 is 1.92 bits per heavy atom. The SMILES string of the molecule is CCC(CC)SCCC(O)C(=O)O. The highest BCUT2D eigenvalue weighted by Gasteiger charge is 2.13. The van der Waals surface area contributed by atoms with E-state index in [-0.39, 0.29) is 0 Å². The van der Waals surface area contributed by atoms with Crippen molar-refractivity contribution < 1.29 is 15.0 Å². The van der Waals surface area contributed by atoms with Gasteiger partial charge in [-0.1, -0.05) is 13.8 Å². The first-order valence-electron chi connectivity index (χ1n) is 4.64. The maximum Gasteiger partial charge on any atom is 0.332 e. The Morgan fingerprint density at radius 3 is 2.31 bits per heavy atom. The van der Waals surface area contributed by atoms with E-state index < -0.39 is 12.1 Å². The lowest BCUT2D eigenvalue weighted by atomic mass is 10.3. The Labute approximate surface area is 83.5 Å². The van der Waals surface area contributed by atoms with Gasteiger partial charge in [0.25, 0.3) is 0 Å². The molecule has 0 aromatic carbocycles. The molecule has 0 aromatic heterocycles. The van der Waals surface area contributed by atoms with E-state index in [2.05, 4.69) is 13.8 Å². The molecule has 2 N–H and O–H groups in total. The summed E-state index contributed by atoms with van der Waals surface area (Å²) in [5.74, 6) is -0.398. The molecule has 0 saturated carbocycles. The molecule has 0 aliphatic heterocycles. The van der Waals surface area contributed by atoms with Crippen molar-refractivity contribution in [1.82, 2.24) is 0 Å². The molecular weight excluding hydrogens is 188 g/mol. The zero-order chi connectivity index (χ0) is 10.3. The van der Waals surface area contributed by atoms with Gasteiger partial charge in [0.15, 0.2) is 6.10 Å². The fourth-order valence-corrected chi connectivity index (χ4v) is 2.16. The zero-order valence-electron chi connectivity index (χ0n) is 8.19. The smallest absolute Gasteiger partial charge is 0.332 e. The van der Waals surface area contributed by atoms with E-state index in [1.54, 1.807) is 11.8 Å². The maximum atomic E-state index is 10.3. The number of hydrogen-bond acceptors (Lipinski definition) is 3. The van der Waals surface area contributed by atoms with Crippen LogP contribution in [-0.2, 0) is 4.79 Å². The number of aliphatic hydroxyl groups excluding tert-OH is 1. The predicted molar refractivity (Wildman–Crippen MR) is 55.1 cm³/mol. The second-order valence-corrected chi connectivity index (χ2v) is 4.36. The van der Waals surface area contributed by atoms with Crippen molar-refractivity contribution in [2.24, 2.45) is 0 Å². The van der Waals surface area contributed by atoms with Crippen LogP contribution in [0.25, 0.3) is 0 Å². The van der Waals surface area contributed by atoms with E-state index in [4.69, 9.17) is 10.2 Å². The molecule has 0 aliphatic carbocycles. The first-order valence-corrected chi connectivity index (χ1v) is 5.69. The van der Waals surface area contributed by atoms with Gasteiger partial charge in [0.2, 0.25) is 0 Å². The van der Waals surface area contributed by atoms with E-state index >= 15 is 0 Å². The summed E-state index contributed by atoms with van der Waals surface area (Å²) < 4.78 is 0. The molecule has 0 spiro atoms. The molecule has 0 saturated heterocycles. The average molecular weight is 206 g/mol. The molecule has 0 aromatic rings. The third-order valence-electron chi connectivity index (χ3n) is 1.94. The molecule has 1 atom stereocenters. The van der Waals surface area contributed by atoms with Gasteiger partial charge in [-0.25, -0.2) is 4.79 Å². The minimum Gasteiger partial charge on any atom is -0.479 e. The van der Waals surface area contributed by atoms with Crippen LogP contribution >= 0.6 is 11.8 Å². The Kier molecular flexibility index (Phi) is 7.09. The number of carboxylic acids is 1. The Hall–Kier alpha value is -0.220. The maximum absolute atomic E-state index is 10.3. The van der Waals surface area contributed by atoms with E-state index in [9.17, 15) is 4.79 Å². The van der Waals surface area contributed by atoms with Crippen LogP contribution in [-0.4, -0.2) is 33.3 Å². The van der Waals surface area contributed by atoms with E-state index in [1.807, 2.05) is 0 Å². The molecule has 13 heavy (non-hydrogen) atoms. The quantitative estimate of drug-likeness (QED) is 0.666. The van der Waals surface area contributed by atoms with Gasteiger partial charge in [-0.3, -0.25) is 0 Å². The fourth-order valence-electron chi connectivity index (χ4n) is 0.994. The van der Waals surface area contributed by atoms with Crippen molar-refractivity contribution in [1.29, 1.82) is 0 Å². The largest absolute Gasteiger partial charge is 0.479 e. The van der Waals surface area contributed by atoms with Gasteiger partial charge in [-0.05, 0) is 25.0 Å². The lowest BCUT2D eigenvalue weighted by Gasteiger charge is -2.12. The zero-order valence-corrected chi connectivity index (χ0v) is 9.01. The van der Waals surface area contributed by atoms with Crippen LogP contribution in [0.2, 0.25) is 0 Å². The first kappa shape index (κ1) is 12.8.